The highest BCUT2D eigenvalue weighted by atomic mass is 16.6. The minimum atomic E-state index is -0.947. The predicted molar refractivity (Wildman–Crippen MR) is 55.3 cm³/mol. The Balaban J connectivity index is 2.28. The van der Waals surface area contributed by atoms with Crippen LogP contribution in [0.5, 0.6) is 0 Å². The molecule has 16 heavy (non-hydrogen) atoms. The van der Waals surface area contributed by atoms with E-state index >= 15 is 0 Å². The zero-order valence-corrected chi connectivity index (χ0v) is 8.51. The van der Waals surface area contributed by atoms with E-state index in [-0.39, 0.29) is 0 Å². The molecule has 1 aromatic heterocycles. The van der Waals surface area contributed by atoms with E-state index in [0.29, 0.717) is 12.5 Å². The first-order valence-electron chi connectivity index (χ1n) is 5.06. The van der Waals surface area contributed by atoms with Gasteiger partial charge < -0.3 is 0 Å². The number of hydrogen-bond donors (Lipinski definition) is 1. The van der Waals surface area contributed by atoms with Gasteiger partial charge in [0.15, 0.2) is 0 Å². The van der Waals surface area contributed by atoms with E-state index in [1.807, 2.05) is 4.98 Å². The van der Waals surface area contributed by atoms with Gasteiger partial charge in [0, 0.05) is 6.54 Å². The lowest BCUT2D eigenvalue weighted by Crippen LogP contribution is -2.30. The summed E-state index contributed by atoms with van der Waals surface area (Å²) in [4.78, 5) is 34.1. The summed E-state index contributed by atoms with van der Waals surface area (Å²) >= 11 is 0. The number of nitrogens with zero attached hydrogens (tertiary/aromatic N) is 2. The lowest BCUT2D eigenvalue weighted by atomic mass is 10.3. The molecule has 0 aliphatic heterocycles. The van der Waals surface area contributed by atoms with Crippen molar-refractivity contribution in [1.29, 1.82) is 0 Å². The topological polar surface area (TPSA) is 98.0 Å². The van der Waals surface area contributed by atoms with Crippen LogP contribution >= 0.6 is 0 Å². The fraction of sp³-hybridized carbons (Fsp3) is 0.556. The van der Waals surface area contributed by atoms with Crippen molar-refractivity contribution in [3.8, 4) is 0 Å². The van der Waals surface area contributed by atoms with Crippen LogP contribution in [0.4, 0.5) is 5.69 Å². The highest BCUT2D eigenvalue weighted by Gasteiger charge is 2.21. The molecule has 0 amide bonds. The average molecular weight is 225 g/mol. The summed E-state index contributed by atoms with van der Waals surface area (Å²) in [5, 5.41) is 10.5. The molecule has 0 unspecified atom stereocenters. The first kappa shape index (κ1) is 10.6. The molecule has 1 aliphatic carbocycles. The summed E-state index contributed by atoms with van der Waals surface area (Å²) < 4.78 is 1.19. The molecule has 7 nitrogen and oxygen atoms in total. The number of aromatic amines is 1. The Labute approximate surface area is 89.9 Å². The normalized spacial score (nSPS) is 15.0. The SMILES string of the molecule is O=c1[nH]c(=O)n(CCC2CC2)cc1[N+](=O)[O-]. The summed E-state index contributed by atoms with van der Waals surface area (Å²) in [5.74, 6) is 0.623. The summed E-state index contributed by atoms with van der Waals surface area (Å²) in [5.41, 5.74) is -2.12. The van der Waals surface area contributed by atoms with Crippen LogP contribution in [0.25, 0.3) is 0 Å². The quantitative estimate of drug-likeness (QED) is 0.586. The number of hydrogen-bond acceptors (Lipinski definition) is 4. The summed E-state index contributed by atoms with van der Waals surface area (Å²) in [6.07, 6.45) is 4.15. The Morgan fingerprint density at radius 2 is 2.19 bits per heavy atom. The van der Waals surface area contributed by atoms with Crippen LogP contribution in [0.2, 0.25) is 0 Å². The number of aromatic nitrogens is 2. The van der Waals surface area contributed by atoms with Gasteiger partial charge in [-0.3, -0.25) is 24.5 Å². The second kappa shape index (κ2) is 3.92. The van der Waals surface area contributed by atoms with E-state index in [1.54, 1.807) is 0 Å². The van der Waals surface area contributed by atoms with Gasteiger partial charge in [-0.1, -0.05) is 12.8 Å². The molecule has 1 N–H and O–H groups in total. The van der Waals surface area contributed by atoms with Gasteiger partial charge in [-0.15, -0.1) is 0 Å². The number of rotatable bonds is 4. The highest BCUT2D eigenvalue weighted by Crippen LogP contribution is 2.32. The predicted octanol–water partition coefficient (Wildman–Crippen LogP) is 0.245. The summed E-state index contributed by atoms with van der Waals surface area (Å²) in [6, 6.07) is 0. The maximum absolute atomic E-state index is 11.3. The maximum atomic E-state index is 11.3. The maximum Gasteiger partial charge on any atom is 0.350 e. The van der Waals surface area contributed by atoms with Crippen LogP contribution in [-0.2, 0) is 6.54 Å². The van der Waals surface area contributed by atoms with Crippen molar-refractivity contribution in [2.75, 3.05) is 0 Å². The number of H-pyrrole nitrogens is 1. The lowest BCUT2D eigenvalue weighted by Gasteiger charge is -2.02. The van der Waals surface area contributed by atoms with Gasteiger partial charge in [-0.2, -0.15) is 0 Å². The molecule has 1 fully saturated rings. The van der Waals surface area contributed by atoms with E-state index in [0.717, 1.165) is 25.5 Å². The Hall–Kier alpha value is -1.92. The van der Waals surface area contributed by atoms with Crippen LogP contribution in [0.3, 0.4) is 0 Å². The third kappa shape index (κ3) is 2.18. The first-order valence-corrected chi connectivity index (χ1v) is 5.06. The molecule has 2 rings (SSSR count). The summed E-state index contributed by atoms with van der Waals surface area (Å²) in [7, 11) is 0. The molecule has 0 bridgehead atoms. The van der Waals surface area contributed by atoms with E-state index in [4.69, 9.17) is 0 Å². The average Bonchev–Trinajstić information content (AvgIpc) is 2.99. The van der Waals surface area contributed by atoms with Gasteiger partial charge in [0.05, 0.1) is 11.1 Å². The second-order valence-electron chi connectivity index (χ2n) is 3.96. The zero-order valence-electron chi connectivity index (χ0n) is 8.51. The minimum absolute atomic E-state index is 0.418. The van der Waals surface area contributed by atoms with Gasteiger partial charge in [0.2, 0.25) is 0 Å². The van der Waals surface area contributed by atoms with Crippen molar-refractivity contribution < 1.29 is 4.92 Å². The number of nitro groups is 1. The molecule has 0 saturated heterocycles. The molecule has 0 atom stereocenters. The molecule has 1 saturated carbocycles. The van der Waals surface area contributed by atoms with Crippen molar-refractivity contribution in [2.45, 2.75) is 25.8 Å². The standard InChI is InChI=1S/C9H11N3O4/c13-8-7(12(15)16)5-11(9(14)10-8)4-3-6-1-2-6/h5-6H,1-4H2,(H,10,13,14). The molecular weight excluding hydrogens is 214 g/mol. The molecule has 1 heterocycles. The largest absolute Gasteiger partial charge is 0.350 e. The Morgan fingerprint density at radius 1 is 1.50 bits per heavy atom. The number of nitrogens with one attached hydrogen (secondary N) is 1. The Bertz CT molecular complexity index is 526. The van der Waals surface area contributed by atoms with Crippen LogP contribution in [-0.4, -0.2) is 14.5 Å². The molecule has 0 radical (unpaired) electrons. The van der Waals surface area contributed by atoms with E-state index in [9.17, 15) is 19.7 Å². The van der Waals surface area contributed by atoms with Crippen molar-refractivity contribution in [3.63, 3.8) is 0 Å². The third-order valence-electron chi connectivity index (χ3n) is 2.66. The number of aryl methyl sites for hydroxylation is 1. The van der Waals surface area contributed by atoms with Gasteiger partial charge >= 0.3 is 16.9 Å². The molecule has 1 aliphatic rings. The van der Waals surface area contributed by atoms with Crippen LogP contribution in [0.15, 0.2) is 15.8 Å². The van der Waals surface area contributed by atoms with Gasteiger partial charge in [0.25, 0.3) is 0 Å². The first-order chi connectivity index (χ1) is 7.58. The Kier molecular flexibility index (Phi) is 2.59. The van der Waals surface area contributed by atoms with Gasteiger partial charge in [-0.25, -0.2) is 4.79 Å². The molecular formula is C9H11N3O4. The zero-order chi connectivity index (χ0) is 11.7. The third-order valence-corrected chi connectivity index (χ3v) is 2.66. The molecule has 1 aromatic rings. The second-order valence-corrected chi connectivity index (χ2v) is 3.96. The Morgan fingerprint density at radius 3 is 2.75 bits per heavy atom. The lowest BCUT2D eigenvalue weighted by molar-refractivity contribution is -0.386. The molecule has 0 aromatic carbocycles. The van der Waals surface area contributed by atoms with Gasteiger partial charge in [0.1, 0.15) is 0 Å². The smallest absolute Gasteiger partial charge is 0.294 e. The fourth-order valence-electron chi connectivity index (χ4n) is 1.52. The van der Waals surface area contributed by atoms with Crippen molar-refractivity contribution >= 4 is 5.69 Å². The minimum Gasteiger partial charge on any atom is -0.294 e. The van der Waals surface area contributed by atoms with E-state index < -0.39 is 21.9 Å². The van der Waals surface area contributed by atoms with Gasteiger partial charge in [-0.05, 0) is 12.3 Å². The van der Waals surface area contributed by atoms with E-state index in [1.165, 1.54) is 4.57 Å². The van der Waals surface area contributed by atoms with Crippen LogP contribution < -0.4 is 11.2 Å². The molecule has 7 heteroatoms. The highest BCUT2D eigenvalue weighted by molar-refractivity contribution is 5.20. The van der Waals surface area contributed by atoms with Crippen LogP contribution in [0, 0.1) is 16.0 Å². The summed E-state index contributed by atoms with van der Waals surface area (Å²) in [6.45, 7) is 0.418. The van der Waals surface area contributed by atoms with Crippen molar-refractivity contribution in [3.05, 3.63) is 37.1 Å². The van der Waals surface area contributed by atoms with E-state index in [2.05, 4.69) is 0 Å². The van der Waals surface area contributed by atoms with Crippen molar-refractivity contribution in [2.24, 2.45) is 5.92 Å². The van der Waals surface area contributed by atoms with Crippen molar-refractivity contribution in [1.82, 2.24) is 9.55 Å². The molecule has 86 valence electrons. The molecule has 0 spiro atoms. The fourth-order valence-corrected chi connectivity index (χ4v) is 1.52. The monoisotopic (exact) mass is 225 g/mol. The van der Waals surface area contributed by atoms with Crippen LogP contribution in [0.1, 0.15) is 19.3 Å².